The molecule has 106 valence electrons. The minimum absolute atomic E-state index is 0.246. The molecule has 1 unspecified atom stereocenters. The number of aryl methyl sites for hydroxylation is 1. The van der Waals surface area contributed by atoms with Crippen molar-refractivity contribution in [2.45, 2.75) is 26.8 Å². The van der Waals surface area contributed by atoms with Gasteiger partial charge in [-0.15, -0.1) is 0 Å². The van der Waals surface area contributed by atoms with Crippen LogP contribution in [0.3, 0.4) is 0 Å². The van der Waals surface area contributed by atoms with Crippen LogP contribution >= 0.6 is 11.6 Å². The summed E-state index contributed by atoms with van der Waals surface area (Å²) >= 11 is 6.04. The second-order valence-electron chi connectivity index (χ2n) is 4.83. The lowest BCUT2D eigenvalue weighted by Gasteiger charge is -2.18. The lowest BCUT2D eigenvalue weighted by atomic mass is 10.1. The van der Waals surface area contributed by atoms with Crippen molar-refractivity contribution in [3.8, 4) is 11.5 Å². The van der Waals surface area contributed by atoms with E-state index in [9.17, 15) is 0 Å². The van der Waals surface area contributed by atoms with Crippen LogP contribution < -0.4 is 10.1 Å². The van der Waals surface area contributed by atoms with Gasteiger partial charge in [-0.2, -0.15) is 0 Å². The Morgan fingerprint density at radius 3 is 2.65 bits per heavy atom. The third kappa shape index (κ3) is 3.53. The summed E-state index contributed by atoms with van der Waals surface area (Å²) in [4.78, 5) is 0. The topological polar surface area (TPSA) is 21.3 Å². The molecule has 0 saturated carbocycles. The van der Waals surface area contributed by atoms with Gasteiger partial charge in [-0.3, -0.25) is 0 Å². The molecule has 0 radical (unpaired) electrons. The van der Waals surface area contributed by atoms with Crippen LogP contribution in [0.25, 0.3) is 0 Å². The minimum Gasteiger partial charge on any atom is -0.457 e. The molecule has 0 spiro atoms. The first-order valence-corrected chi connectivity index (χ1v) is 7.26. The van der Waals surface area contributed by atoms with Crippen molar-refractivity contribution in [3.63, 3.8) is 0 Å². The molecule has 2 rings (SSSR count). The first-order chi connectivity index (χ1) is 9.61. The van der Waals surface area contributed by atoms with Crippen molar-refractivity contribution in [1.82, 2.24) is 5.32 Å². The number of hydrogen-bond acceptors (Lipinski definition) is 2. The standard InChI is InChI=1S/C17H20ClNO/c1-4-19-13(3)15-7-5-6-8-16(15)20-17-11-14(18)10-9-12(17)2/h5-11,13,19H,4H2,1-3H3. The molecular formula is C17H20ClNO. The summed E-state index contributed by atoms with van der Waals surface area (Å²) in [6.07, 6.45) is 0. The summed E-state index contributed by atoms with van der Waals surface area (Å²) in [5.41, 5.74) is 2.22. The van der Waals surface area contributed by atoms with E-state index >= 15 is 0 Å². The fourth-order valence-corrected chi connectivity index (χ4v) is 2.31. The summed E-state index contributed by atoms with van der Waals surface area (Å²) in [5, 5.41) is 4.09. The van der Waals surface area contributed by atoms with Crippen LogP contribution in [-0.2, 0) is 0 Å². The molecule has 0 saturated heterocycles. The van der Waals surface area contributed by atoms with Crippen LogP contribution in [0.4, 0.5) is 0 Å². The van der Waals surface area contributed by atoms with Crippen LogP contribution in [0.2, 0.25) is 5.02 Å². The second-order valence-corrected chi connectivity index (χ2v) is 5.27. The minimum atomic E-state index is 0.246. The highest BCUT2D eigenvalue weighted by molar-refractivity contribution is 6.30. The molecule has 2 nitrogen and oxygen atoms in total. The van der Waals surface area contributed by atoms with Crippen LogP contribution in [0.15, 0.2) is 42.5 Å². The van der Waals surface area contributed by atoms with Gasteiger partial charge in [0.15, 0.2) is 0 Å². The summed E-state index contributed by atoms with van der Waals surface area (Å²) in [5.74, 6) is 1.67. The van der Waals surface area contributed by atoms with Gasteiger partial charge in [0.05, 0.1) is 0 Å². The molecule has 0 amide bonds. The van der Waals surface area contributed by atoms with Crippen LogP contribution in [-0.4, -0.2) is 6.54 Å². The average molecular weight is 290 g/mol. The van der Waals surface area contributed by atoms with E-state index in [0.717, 1.165) is 29.2 Å². The SMILES string of the molecule is CCNC(C)c1ccccc1Oc1cc(Cl)ccc1C. The zero-order chi connectivity index (χ0) is 14.5. The molecule has 1 atom stereocenters. The van der Waals surface area contributed by atoms with Crippen LogP contribution in [0.1, 0.15) is 31.0 Å². The van der Waals surface area contributed by atoms with Crippen LogP contribution in [0, 0.1) is 6.92 Å². The van der Waals surface area contributed by atoms with Crippen molar-refractivity contribution in [2.24, 2.45) is 0 Å². The van der Waals surface area contributed by atoms with E-state index < -0.39 is 0 Å². The van der Waals surface area contributed by atoms with Crippen molar-refractivity contribution in [1.29, 1.82) is 0 Å². The van der Waals surface area contributed by atoms with Crippen molar-refractivity contribution < 1.29 is 4.74 Å². The maximum absolute atomic E-state index is 6.06. The second kappa shape index (κ2) is 6.78. The van der Waals surface area contributed by atoms with Gasteiger partial charge in [-0.25, -0.2) is 0 Å². The molecule has 2 aromatic carbocycles. The number of rotatable bonds is 5. The largest absolute Gasteiger partial charge is 0.457 e. The monoisotopic (exact) mass is 289 g/mol. The van der Waals surface area contributed by atoms with Gasteiger partial charge < -0.3 is 10.1 Å². The van der Waals surface area contributed by atoms with E-state index in [4.69, 9.17) is 16.3 Å². The molecule has 0 fully saturated rings. The number of para-hydroxylation sites is 1. The molecule has 20 heavy (non-hydrogen) atoms. The molecule has 0 aliphatic rings. The first-order valence-electron chi connectivity index (χ1n) is 6.88. The molecule has 0 aliphatic carbocycles. The lowest BCUT2D eigenvalue weighted by molar-refractivity contribution is 0.460. The number of benzene rings is 2. The highest BCUT2D eigenvalue weighted by atomic mass is 35.5. The molecule has 0 bridgehead atoms. The molecule has 2 aromatic rings. The number of hydrogen-bond donors (Lipinski definition) is 1. The summed E-state index contributed by atoms with van der Waals surface area (Å²) in [6.45, 7) is 7.17. The fourth-order valence-electron chi connectivity index (χ4n) is 2.15. The summed E-state index contributed by atoms with van der Waals surface area (Å²) < 4.78 is 6.06. The molecule has 0 aliphatic heterocycles. The Bertz CT molecular complexity index is 583. The smallest absolute Gasteiger partial charge is 0.132 e. The molecule has 1 N–H and O–H groups in total. The normalized spacial score (nSPS) is 12.2. The Balaban J connectivity index is 2.31. The third-order valence-corrected chi connectivity index (χ3v) is 3.50. The van der Waals surface area contributed by atoms with E-state index in [1.54, 1.807) is 0 Å². The lowest BCUT2D eigenvalue weighted by Crippen LogP contribution is -2.18. The van der Waals surface area contributed by atoms with Crippen molar-refractivity contribution in [2.75, 3.05) is 6.54 Å². The summed E-state index contributed by atoms with van der Waals surface area (Å²) in [6, 6.07) is 14.0. The fraction of sp³-hybridized carbons (Fsp3) is 0.294. The number of nitrogens with one attached hydrogen (secondary N) is 1. The number of halogens is 1. The van der Waals surface area contributed by atoms with Crippen molar-refractivity contribution in [3.05, 3.63) is 58.6 Å². The van der Waals surface area contributed by atoms with Gasteiger partial charge in [-0.1, -0.05) is 42.8 Å². The van der Waals surface area contributed by atoms with E-state index in [1.165, 1.54) is 0 Å². The Hall–Kier alpha value is -1.51. The van der Waals surface area contributed by atoms with Gasteiger partial charge in [0.25, 0.3) is 0 Å². The molecular weight excluding hydrogens is 270 g/mol. The van der Waals surface area contributed by atoms with Gasteiger partial charge in [0.2, 0.25) is 0 Å². The Morgan fingerprint density at radius 1 is 1.15 bits per heavy atom. The average Bonchev–Trinajstić information content (AvgIpc) is 2.44. The Kier molecular flexibility index (Phi) is 5.05. The van der Waals surface area contributed by atoms with Gasteiger partial charge in [0.1, 0.15) is 11.5 Å². The van der Waals surface area contributed by atoms with E-state index in [2.05, 4.69) is 25.2 Å². The molecule has 0 heterocycles. The van der Waals surface area contributed by atoms with Crippen LogP contribution in [0.5, 0.6) is 11.5 Å². The third-order valence-electron chi connectivity index (χ3n) is 3.27. The molecule has 3 heteroatoms. The number of ether oxygens (including phenoxy) is 1. The van der Waals surface area contributed by atoms with Crippen molar-refractivity contribution >= 4 is 11.6 Å². The van der Waals surface area contributed by atoms with Gasteiger partial charge in [-0.05, 0) is 44.2 Å². The predicted octanol–water partition coefficient (Wildman–Crippen LogP) is 5.11. The van der Waals surface area contributed by atoms with Gasteiger partial charge >= 0.3 is 0 Å². The maximum atomic E-state index is 6.06. The van der Waals surface area contributed by atoms with E-state index in [-0.39, 0.29) is 6.04 Å². The zero-order valence-corrected chi connectivity index (χ0v) is 12.9. The summed E-state index contributed by atoms with van der Waals surface area (Å²) in [7, 11) is 0. The predicted molar refractivity (Wildman–Crippen MR) is 84.8 cm³/mol. The molecule has 0 aromatic heterocycles. The van der Waals surface area contributed by atoms with E-state index in [0.29, 0.717) is 5.02 Å². The highest BCUT2D eigenvalue weighted by Gasteiger charge is 2.12. The maximum Gasteiger partial charge on any atom is 0.132 e. The Morgan fingerprint density at radius 2 is 1.90 bits per heavy atom. The first kappa shape index (κ1) is 14.9. The zero-order valence-electron chi connectivity index (χ0n) is 12.1. The van der Waals surface area contributed by atoms with Gasteiger partial charge in [0, 0.05) is 16.6 Å². The van der Waals surface area contributed by atoms with E-state index in [1.807, 2.05) is 43.3 Å². The Labute approximate surface area is 125 Å². The quantitative estimate of drug-likeness (QED) is 0.826. The highest BCUT2D eigenvalue weighted by Crippen LogP contribution is 2.32.